The summed E-state index contributed by atoms with van der Waals surface area (Å²) in [7, 11) is 2.07. The van der Waals surface area contributed by atoms with Gasteiger partial charge in [0, 0.05) is 24.5 Å². The summed E-state index contributed by atoms with van der Waals surface area (Å²) in [5.74, 6) is 0. The highest BCUT2D eigenvalue weighted by molar-refractivity contribution is 5.54. The van der Waals surface area contributed by atoms with Gasteiger partial charge in [0.15, 0.2) is 0 Å². The zero-order valence-electron chi connectivity index (χ0n) is 11.8. The van der Waals surface area contributed by atoms with Crippen LogP contribution in [0.25, 0.3) is 0 Å². The third-order valence-electron chi connectivity index (χ3n) is 3.18. The minimum atomic E-state index is 0.0316. The summed E-state index contributed by atoms with van der Waals surface area (Å²) in [6, 6.07) is 14.4. The number of aromatic nitrogens is 1. The predicted molar refractivity (Wildman–Crippen MR) is 80.1 cm³/mol. The third-order valence-corrected chi connectivity index (χ3v) is 3.18. The fourth-order valence-corrected chi connectivity index (χ4v) is 2.24. The van der Waals surface area contributed by atoms with E-state index in [0.717, 1.165) is 23.5 Å². The molecule has 1 aromatic carbocycles. The van der Waals surface area contributed by atoms with Gasteiger partial charge in [0.2, 0.25) is 0 Å². The van der Waals surface area contributed by atoms with Crippen LogP contribution in [0.2, 0.25) is 0 Å². The molecule has 0 aliphatic rings. The number of hydrogen-bond acceptors (Lipinski definition) is 3. The Morgan fingerprint density at radius 3 is 2.58 bits per heavy atom. The van der Waals surface area contributed by atoms with E-state index in [1.807, 2.05) is 38.1 Å². The van der Waals surface area contributed by atoms with E-state index in [4.69, 9.17) is 5.73 Å². The van der Waals surface area contributed by atoms with Gasteiger partial charge in [-0.05, 0) is 37.6 Å². The average Bonchev–Trinajstić information content (AvgIpc) is 2.38. The summed E-state index contributed by atoms with van der Waals surface area (Å²) in [4.78, 5) is 6.74. The second-order valence-electron chi connectivity index (χ2n) is 4.97. The molecule has 0 saturated heterocycles. The van der Waals surface area contributed by atoms with Gasteiger partial charge in [0.05, 0.1) is 12.2 Å². The highest BCUT2D eigenvalue weighted by Gasteiger charge is 2.10. The maximum atomic E-state index is 6.03. The molecule has 1 aromatic heterocycles. The van der Waals surface area contributed by atoms with Crippen molar-refractivity contribution in [2.75, 3.05) is 11.9 Å². The van der Waals surface area contributed by atoms with Gasteiger partial charge in [0.1, 0.15) is 0 Å². The van der Waals surface area contributed by atoms with Gasteiger partial charge in [0.25, 0.3) is 0 Å². The maximum absolute atomic E-state index is 6.03. The second kappa shape index (κ2) is 5.85. The Morgan fingerprint density at radius 1 is 1.16 bits per heavy atom. The molecule has 3 nitrogen and oxygen atoms in total. The Morgan fingerprint density at radius 2 is 1.89 bits per heavy atom. The van der Waals surface area contributed by atoms with Crippen LogP contribution in [0.4, 0.5) is 5.69 Å². The Balaban J connectivity index is 2.23. The molecule has 19 heavy (non-hydrogen) atoms. The first-order valence-electron chi connectivity index (χ1n) is 6.56. The van der Waals surface area contributed by atoms with Crippen molar-refractivity contribution < 1.29 is 0 Å². The molecule has 1 unspecified atom stereocenters. The van der Waals surface area contributed by atoms with Gasteiger partial charge in [-0.15, -0.1) is 0 Å². The Bertz CT molecular complexity index is 549. The van der Waals surface area contributed by atoms with Crippen molar-refractivity contribution in [1.82, 2.24) is 4.98 Å². The van der Waals surface area contributed by atoms with Crippen molar-refractivity contribution in [3.8, 4) is 0 Å². The van der Waals surface area contributed by atoms with Gasteiger partial charge < -0.3 is 10.6 Å². The SMILES string of the molecule is Cc1cccc(CN(C)c2ccccc2C(C)N)n1. The number of para-hydroxylation sites is 1. The Hall–Kier alpha value is -1.87. The summed E-state index contributed by atoms with van der Waals surface area (Å²) < 4.78 is 0. The fourth-order valence-electron chi connectivity index (χ4n) is 2.24. The van der Waals surface area contributed by atoms with E-state index in [2.05, 4.69) is 35.1 Å². The van der Waals surface area contributed by atoms with Crippen molar-refractivity contribution >= 4 is 5.69 Å². The lowest BCUT2D eigenvalue weighted by Crippen LogP contribution is -2.20. The van der Waals surface area contributed by atoms with Crippen LogP contribution in [0.1, 0.15) is 29.9 Å². The molecule has 0 bridgehead atoms. The zero-order valence-corrected chi connectivity index (χ0v) is 11.8. The molecular weight excluding hydrogens is 234 g/mol. The van der Waals surface area contributed by atoms with Crippen LogP contribution >= 0.6 is 0 Å². The second-order valence-corrected chi connectivity index (χ2v) is 4.97. The Labute approximate surface area is 115 Å². The number of aryl methyl sites for hydroxylation is 1. The standard InChI is InChI=1S/C16H21N3/c1-12-7-6-8-14(18-12)11-19(3)16-10-5-4-9-15(16)13(2)17/h4-10,13H,11,17H2,1-3H3. The lowest BCUT2D eigenvalue weighted by atomic mass is 10.1. The minimum absolute atomic E-state index is 0.0316. The molecular formula is C16H21N3. The van der Waals surface area contributed by atoms with Crippen molar-refractivity contribution in [1.29, 1.82) is 0 Å². The van der Waals surface area contributed by atoms with E-state index in [1.54, 1.807) is 0 Å². The predicted octanol–water partition coefficient (Wildman–Crippen LogP) is 3.05. The van der Waals surface area contributed by atoms with E-state index in [9.17, 15) is 0 Å². The maximum Gasteiger partial charge on any atom is 0.0600 e. The first-order chi connectivity index (χ1) is 9.08. The van der Waals surface area contributed by atoms with E-state index >= 15 is 0 Å². The first-order valence-corrected chi connectivity index (χ1v) is 6.56. The summed E-state index contributed by atoms with van der Waals surface area (Å²) in [6.45, 7) is 4.81. The minimum Gasteiger partial charge on any atom is -0.368 e. The quantitative estimate of drug-likeness (QED) is 0.913. The van der Waals surface area contributed by atoms with Gasteiger partial charge in [-0.2, -0.15) is 0 Å². The van der Waals surface area contributed by atoms with Crippen LogP contribution < -0.4 is 10.6 Å². The third kappa shape index (κ3) is 3.32. The van der Waals surface area contributed by atoms with E-state index in [1.165, 1.54) is 5.69 Å². The molecule has 3 heteroatoms. The van der Waals surface area contributed by atoms with Crippen LogP contribution in [-0.4, -0.2) is 12.0 Å². The number of pyridine rings is 1. The number of hydrogen-bond donors (Lipinski definition) is 1. The van der Waals surface area contributed by atoms with Crippen LogP contribution in [-0.2, 0) is 6.54 Å². The van der Waals surface area contributed by atoms with Gasteiger partial charge >= 0.3 is 0 Å². The molecule has 0 spiro atoms. The molecule has 0 aliphatic heterocycles. The molecule has 2 N–H and O–H groups in total. The number of anilines is 1. The van der Waals surface area contributed by atoms with E-state index in [-0.39, 0.29) is 6.04 Å². The molecule has 1 heterocycles. The molecule has 100 valence electrons. The summed E-state index contributed by atoms with van der Waals surface area (Å²) in [5.41, 5.74) is 10.5. The number of rotatable bonds is 4. The van der Waals surface area contributed by atoms with Crippen molar-refractivity contribution in [2.24, 2.45) is 5.73 Å². The zero-order chi connectivity index (χ0) is 13.8. The average molecular weight is 255 g/mol. The van der Waals surface area contributed by atoms with Gasteiger partial charge in [-0.3, -0.25) is 4.98 Å². The number of nitrogens with two attached hydrogens (primary N) is 1. The van der Waals surface area contributed by atoms with Crippen LogP contribution in [0.3, 0.4) is 0 Å². The highest BCUT2D eigenvalue weighted by atomic mass is 15.1. The molecule has 2 rings (SSSR count). The summed E-state index contributed by atoms with van der Waals surface area (Å²) in [5, 5.41) is 0. The molecule has 0 radical (unpaired) electrons. The molecule has 1 atom stereocenters. The summed E-state index contributed by atoms with van der Waals surface area (Å²) in [6.07, 6.45) is 0. The lowest BCUT2D eigenvalue weighted by Gasteiger charge is -2.23. The van der Waals surface area contributed by atoms with Crippen LogP contribution in [0, 0.1) is 6.92 Å². The van der Waals surface area contributed by atoms with Crippen LogP contribution in [0.15, 0.2) is 42.5 Å². The fraction of sp³-hybridized carbons (Fsp3) is 0.312. The molecule has 0 amide bonds. The molecule has 0 fully saturated rings. The smallest absolute Gasteiger partial charge is 0.0600 e. The molecule has 2 aromatic rings. The first kappa shape index (κ1) is 13.6. The summed E-state index contributed by atoms with van der Waals surface area (Å²) >= 11 is 0. The molecule has 0 saturated carbocycles. The largest absolute Gasteiger partial charge is 0.368 e. The normalized spacial score (nSPS) is 12.2. The van der Waals surface area contributed by atoms with E-state index in [0.29, 0.717) is 0 Å². The topological polar surface area (TPSA) is 42.1 Å². The van der Waals surface area contributed by atoms with Gasteiger partial charge in [-0.1, -0.05) is 24.3 Å². The van der Waals surface area contributed by atoms with Crippen molar-refractivity contribution in [3.05, 3.63) is 59.4 Å². The van der Waals surface area contributed by atoms with Crippen LogP contribution in [0.5, 0.6) is 0 Å². The lowest BCUT2D eigenvalue weighted by molar-refractivity contribution is 0.796. The monoisotopic (exact) mass is 255 g/mol. The van der Waals surface area contributed by atoms with Gasteiger partial charge in [-0.25, -0.2) is 0 Å². The number of nitrogens with zero attached hydrogens (tertiary/aromatic N) is 2. The Kier molecular flexibility index (Phi) is 4.17. The van der Waals surface area contributed by atoms with Crippen molar-refractivity contribution in [3.63, 3.8) is 0 Å². The highest BCUT2D eigenvalue weighted by Crippen LogP contribution is 2.24. The number of benzene rings is 1. The van der Waals surface area contributed by atoms with Crippen molar-refractivity contribution in [2.45, 2.75) is 26.4 Å². The molecule has 0 aliphatic carbocycles. The van der Waals surface area contributed by atoms with E-state index < -0.39 is 0 Å².